The molecule has 0 saturated carbocycles. The van der Waals surface area contributed by atoms with Crippen molar-refractivity contribution in [3.8, 4) is 0 Å². The molecule has 1 aliphatic heterocycles. The minimum Gasteiger partial charge on any atom is -0.465 e. The SMILES string of the molecule is COC(=O)c1ccc(N)cc1C1CCNC1=O. The largest absolute Gasteiger partial charge is 0.465 e. The van der Waals surface area contributed by atoms with Crippen LogP contribution in [0.25, 0.3) is 0 Å². The molecule has 1 atom stereocenters. The van der Waals surface area contributed by atoms with Crippen LogP contribution in [0.3, 0.4) is 0 Å². The van der Waals surface area contributed by atoms with Crippen molar-refractivity contribution in [3.05, 3.63) is 29.3 Å². The Bertz CT molecular complexity index is 471. The van der Waals surface area contributed by atoms with E-state index in [2.05, 4.69) is 5.32 Å². The van der Waals surface area contributed by atoms with Gasteiger partial charge in [0.2, 0.25) is 5.91 Å². The zero-order valence-corrected chi connectivity index (χ0v) is 9.53. The summed E-state index contributed by atoms with van der Waals surface area (Å²) in [5.41, 5.74) is 7.28. The van der Waals surface area contributed by atoms with Gasteiger partial charge in [-0.15, -0.1) is 0 Å². The van der Waals surface area contributed by atoms with Crippen LogP contribution in [0.1, 0.15) is 28.3 Å². The zero-order chi connectivity index (χ0) is 12.4. The van der Waals surface area contributed by atoms with Gasteiger partial charge in [0.05, 0.1) is 18.6 Å². The number of nitrogens with two attached hydrogens (primary N) is 1. The lowest BCUT2D eigenvalue weighted by molar-refractivity contribution is -0.120. The van der Waals surface area contributed by atoms with Gasteiger partial charge in [0.25, 0.3) is 0 Å². The Labute approximate surface area is 98.9 Å². The standard InChI is InChI=1S/C12H14N2O3/c1-17-12(16)9-3-2-7(13)6-10(9)8-4-5-14-11(8)15/h2-3,6,8H,4-5,13H2,1H3,(H,14,15). The van der Waals surface area contributed by atoms with Crippen molar-refractivity contribution in [1.82, 2.24) is 5.32 Å². The van der Waals surface area contributed by atoms with Crippen molar-refractivity contribution in [2.45, 2.75) is 12.3 Å². The zero-order valence-electron chi connectivity index (χ0n) is 9.53. The number of benzene rings is 1. The van der Waals surface area contributed by atoms with Crippen molar-refractivity contribution in [2.75, 3.05) is 19.4 Å². The topological polar surface area (TPSA) is 81.4 Å². The highest BCUT2D eigenvalue weighted by Gasteiger charge is 2.29. The van der Waals surface area contributed by atoms with Crippen LogP contribution in [-0.2, 0) is 9.53 Å². The van der Waals surface area contributed by atoms with Gasteiger partial charge in [-0.05, 0) is 30.2 Å². The van der Waals surface area contributed by atoms with E-state index in [4.69, 9.17) is 10.5 Å². The Balaban J connectivity index is 2.46. The average Bonchev–Trinajstić information content (AvgIpc) is 2.74. The molecular formula is C12H14N2O3. The number of hydrogen-bond acceptors (Lipinski definition) is 4. The van der Waals surface area contributed by atoms with E-state index in [1.54, 1.807) is 18.2 Å². The molecule has 1 saturated heterocycles. The van der Waals surface area contributed by atoms with E-state index >= 15 is 0 Å². The Morgan fingerprint density at radius 3 is 2.88 bits per heavy atom. The van der Waals surface area contributed by atoms with E-state index in [0.29, 0.717) is 29.8 Å². The van der Waals surface area contributed by atoms with Crippen molar-refractivity contribution in [1.29, 1.82) is 0 Å². The van der Waals surface area contributed by atoms with E-state index in [-0.39, 0.29) is 11.8 Å². The number of nitrogens with one attached hydrogen (secondary N) is 1. The predicted molar refractivity (Wildman–Crippen MR) is 62.6 cm³/mol. The van der Waals surface area contributed by atoms with E-state index < -0.39 is 5.97 Å². The molecule has 2 rings (SSSR count). The van der Waals surface area contributed by atoms with Crippen molar-refractivity contribution in [2.24, 2.45) is 0 Å². The summed E-state index contributed by atoms with van der Waals surface area (Å²) in [6.45, 7) is 0.624. The predicted octanol–water partition coefficient (Wildman–Crippen LogP) is 0.659. The van der Waals surface area contributed by atoms with Gasteiger partial charge in [-0.25, -0.2) is 4.79 Å². The molecule has 90 valence electrons. The first-order valence-electron chi connectivity index (χ1n) is 5.39. The fraction of sp³-hybridized carbons (Fsp3) is 0.333. The molecule has 1 heterocycles. The minimum absolute atomic E-state index is 0.0687. The van der Waals surface area contributed by atoms with E-state index in [9.17, 15) is 9.59 Å². The molecule has 0 aromatic heterocycles. The van der Waals surface area contributed by atoms with Gasteiger partial charge in [0.15, 0.2) is 0 Å². The normalized spacial score (nSPS) is 18.9. The van der Waals surface area contributed by atoms with Crippen molar-refractivity contribution >= 4 is 17.6 Å². The molecule has 0 aliphatic carbocycles. The summed E-state index contributed by atoms with van der Waals surface area (Å²) in [5.74, 6) is -0.826. The van der Waals surface area contributed by atoms with Gasteiger partial charge >= 0.3 is 5.97 Å². The van der Waals surface area contributed by atoms with Crippen LogP contribution in [0.5, 0.6) is 0 Å². The molecule has 3 N–H and O–H groups in total. The van der Waals surface area contributed by atoms with Crippen molar-refractivity contribution < 1.29 is 14.3 Å². The summed E-state index contributed by atoms with van der Waals surface area (Å²) in [7, 11) is 1.32. The maximum absolute atomic E-state index is 11.6. The first-order valence-corrected chi connectivity index (χ1v) is 5.39. The number of rotatable bonds is 2. The molecule has 1 unspecified atom stereocenters. The number of amides is 1. The number of carbonyl (C=O) groups is 2. The molecule has 0 bridgehead atoms. The number of ether oxygens (including phenoxy) is 1. The maximum Gasteiger partial charge on any atom is 0.338 e. The second-order valence-corrected chi connectivity index (χ2v) is 3.97. The van der Waals surface area contributed by atoms with E-state index in [1.807, 2.05) is 0 Å². The Morgan fingerprint density at radius 1 is 1.53 bits per heavy atom. The number of carbonyl (C=O) groups excluding carboxylic acids is 2. The second-order valence-electron chi connectivity index (χ2n) is 3.97. The van der Waals surface area contributed by atoms with Crippen LogP contribution in [0, 0.1) is 0 Å². The summed E-state index contributed by atoms with van der Waals surface area (Å²) >= 11 is 0. The third-order valence-electron chi connectivity index (χ3n) is 2.91. The number of methoxy groups -OCH3 is 1. The van der Waals surface area contributed by atoms with Crippen LogP contribution in [0.4, 0.5) is 5.69 Å². The van der Waals surface area contributed by atoms with Gasteiger partial charge in [-0.3, -0.25) is 4.79 Å². The fourth-order valence-electron chi connectivity index (χ4n) is 2.06. The number of hydrogen-bond donors (Lipinski definition) is 2. The summed E-state index contributed by atoms with van der Waals surface area (Å²) in [6, 6.07) is 4.90. The lowest BCUT2D eigenvalue weighted by Crippen LogP contribution is -2.20. The highest BCUT2D eigenvalue weighted by molar-refractivity contribution is 5.95. The smallest absolute Gasteiger partial charge is 0.338 e. The molecule has 5 heteroatoms. The van der Waals surface area contributed by atoms with Gasteiger partial charge in [-0.1, -0.05) is 0 Å². The van der Waals surface area contributed by atoms with Gasteiger partial charge in [0.1, 0.15) is 0 Å². The molecule has 1 aliphatic rings. The monoisotopic (exact) mass is 234 g/mol. The lowest BCUT2D eigenvalue weighted by Gasteiger charge is -2.12. The number of nitrogen functional groups attached to an aromatic ring is 1. The molecule has 5 nitrogen and oxygen atoms in total. The van der Waals surface area contributed by atoms with Crippen LogP contribution in [0.2, 0.25) is 0 Å². The number of esters is 1. The molecule has 0 radical (unpaired) electrons. The molecule has 1 aromatic carbocycles. The number of anilines is 1. The molecule has 1 aromatic rings. The van der Waals surface area contributed by atoms with Crippen molar-refractivity contribution in [3.63, 3.8) is 0 Å². The van der Waals surface area contributed by atoms with E-state index in [1.165, 1.54) is 7.11 Å². The fourth-order valence-corrected chi connectivity index (χ4v) is 2.06. The quantitative estimate of drug-likeness (QED) is 0.581. The Kier molecular flexibility index (Phi) is 2.99. The van der Waals surface area contributed by atoms with Gasteiger partial charge in [0, 0.05) is 12.2 Å². The minimum atomic E-state index is -0.445. The molecular weight excluding hydrogens is 220 g/mol. The van der Waals surface area contributed by atoms with Crippen LogP contribution < -0.4 is 11.1 Å². The molecule has 1 amide bonds. The molecule has 0 spiro atoms. The summed E-state index contributed by atoms with van der Waals surface area (Å²) in [4.78, 5) is 23.3. The second kappa shape index (κ2) is 4.45. The van der Waals surface area contributed by atoms with Gasteiger partial charge in [-0.2, -0.15) is 0 Å². The summed E-state index contributed by atoms with van der Waals surface area (Å²) in [5, 5.41) is 2.74. The Morgan fingerprint density at radius 2 is 2.29 bits per heavy atom. The molecule has 1 fully saturated rings. The molecule has 17 heavy (non-hydrogen) atoms. The highest BCUT2D eigenvalue weighted by Crippen LogP contribution is 2.28. The van der Waals surface area contributed by atoms with E-state index in [0.717, 1.165) is 0 Å². The van der Waals surface area contributed by atoms with Crippen LogP contribution in [0.15, 0.2) is 18.2 Å². The lowest BCUT2D eigenvalue weighted by atomic mass is 9.92. The first-order chi connectivity index (χ1) is 8.13. The average molecular weight is 234 g/mol. The van der Waals surface area contributed by atoms with Crippen LogP contribution in [-0.4, -0.2) is 25.5 Å². The summed E-state index contributed by atoms with van der Waals surface area (Å²) < 4.78 is 4.70. The highest BCUT2D eigenvalue weighted by atomic mass is 16.5. The maximum atomic E-state index is 11.6. The summed E-state index contributed by atoms with van der Waals surface area (Å²) in [6.07, 6.45) is 0.673. The Hall–Kier alpha value is -2.04. The first kappa shape index (κ1) is 11.4. The third kappa shape index (κ3) is 2.08. The third-order valence-corrected chi connectivity index (χ3v) is 2.91. The van der Waals surface area contributed by atoms with Crippen LogP contribution >= 0.6 is 0 Å². The van der Waals surface area contributed by atoms with Gasteiger partial charge < -0.3 is 15.8 Å².